The van der Waals surface area contributed by atoms with Crippen molar-refractivity contribution in [3.05, 3.63) is 89.7 Å². The number of anilines is 1. The second-order valence-electron chi connectivity index (χ2n) is 6.09. The van der Waals surface area contributed by atoms with Crippen molar-refractivity contribution in [3.63, 3.8) is 0 Å². The number of carbonyl (C=O) groups is 1. The highest BCUT2D eigenvalue weighted by Crippen LogP contribution is 2.13. The molecule has 26 heavy (non-hydrogen) atoms. The van der Waals surface area contributed by atoms with Crippen LogP contribution in [0.1, 0.15) is 21.5 Å². The van der Waals surface area contributed by atoms with Crippen LogP contribution in [0.4, 0.5) is 5.69 Å². The normalized spacial score (nSPS) is 10.5. The largest absolute Gasteiger partial charge is 0.395 e. The molecule has 5 heteroatoms. The molecule has 0 aliphatic rings. The molecule has 3 rings (SSSR count). The number of carbonyl (C=O) groups excluding carboxylic acids is 1. The molecule has 134 valence electrons. The van der Waals surface area contributed by atoms with Crippen molar-refractivity contribution in [2.45, 2.75) is 13.1 Å². The van der Waals surface area contributed by atoms with Crippen LogP contribution < -0.4 is 10.6 Å². The highest BCUT2D eigenvalue weighted by atomic mass is 16.3. The molecular formula is C21H23N3O2. The van der Waals surface area contributed by atoms with Gasteiger partial charge in [-0.25, -0.2) is 0 Å². The van der Waals surface area contributed by atoms with Gasteiger partial charge < -0.3 is 20.3 Å². The molecule has 5 nitrogen and oxygen atoms in total. The Morgan fingerprint density at radius 3 is 2.65 bits per heavy atom. The number of nitrogens with zero attached hydrogens (tertiary/aromatic N) is 1. The van der Waals surface area contributed by atoms with Gasteiger partial charge in [0.2, 0.25) is 0 Å². The first kappa shape index (κ1) is 17.8. The molecule has 0 bridgehead atoms. The standard InChI is InChI=1S/C21H23N3O2/c25-12-10-22-21(26)19-7-4-8-20(13-19)23-14-18-9-11-24(16-18)15-17-5-2-1-3-6-17/h1-9,11,13,16,23,25H,10,12,14-15H2,(H,22,26). The lowest BCUT2D eigenvalue weighted by atomic mass is 10.2. The minimum atomic E-state index is -0.184. The molecule has 1 heterocycles. The Balaban J connectivity index is 1.57. The van der Waals surface area contributed by atoms with Crippen LogP contribution in [0.3, 0.4) is 0 Å². The fraction of sp³-hybridized carbons (Fsp3) is 0.190. The number of aliphatic hydroxyl groups is 1. The van der Waals surface area contributed by atoms with E-state index in [1.807, 2.05) is 36.4 Å². The molecular weight excluding hydrogens is 326 g/mol. The van der Waals surface area contributed by atoms with Crippen LogP contribution in [0.2, 0.25) is 0 Å². The minimum Gasteiger partial charge on any atom is -0.395 e. The molecule has 0 aliphatic carbocycles. The van der Waals surface area contributed by atoms with Gasteiger partial charge in [-0.2, -0.15) is 0 Å². The predicted octanol–water partition coefficient (Wildman–Crippen LogP) is 2.87. The van der Waals surface area contributed by atoms with E-state index in [-0.39, 0.29) is 19.1 Å². The highest BCUT2D eigenvalue weighted by molar-refractivity contribution is 5.95. The molecule has 0 radical (unpaired) electrons. The summed E-state index contributed by atoms with van der Waals surface area (Å²) >= 11 is 0. The molecule has 0 spiro atoms. The number of amides is 1. The van der Waals surface area contributed by atoms with Crippen LogP contribution in [-0.4, -0.2) is 28.7 Å². The first-order chi connectivity index (χ1) is 12.7. The van der Waals surface area contributed by atoms with Crippen molar-refractivity contribution in [2.24, 2.45) is 0 Å². The molecule has 3 aromatic rings. The fourth-order valence-corrected chi connectivity index (χ4v) is 2.73. The Morgan fingerprint density at radius 2 is 1.85 bits per heavy atom. The van der Waals surface area contributed by atoms with Gasteiger partial charge in [-0.05, 0) is 35.4 Å². The van der Waals surface area contributed by atoms with Crippen molar-refractivity contribution in [2.75, 3.05) is 18.5 Å². The van der Waals surface area contributed by atoms with E-state index in [0.29, 0.717) is 12.1 Å². The van der Waals surface area contributed by atoms with E-state index in [2.05, 4.69) is 45.8 Å². The van der Waals surface area contributed by atoms with Gasteiger partial charge in [-0.15, -0.1) is 0 Å². The number of rotatable bonds is 8. The first-order valence-corrected chi connectivity index (χ1v) is 8.66. The van der Waals surface area contributed by atoms with E-state index in [4.69, 9.17) is 5.11 Å². The molecule has 0 unspecified atom stereocenters. The quantitative estimate of drug-likeness (QED) is 0.586. The smallest absolute Gasteiger partial charge is 0.251 e. The summed E-state index contributed by atoms with van der Waals surface area (Å²) in [6, 6.07) is 19.8. The highest BCUT2D eigenvalue weighted by Gasteiger charge is 2.05. The Kier molecular flexibility index (Phi) is 6.06. The molecule has 0 aliphatic heterocycles. The van der Waals surface area contributed by atoms with Crippen molar-refractivity contribution in [3.8, 4) is 0 Å². The average molecular weight is 349 g/mol. The number of nitrogens with one attached hydrogen (secondary N) is 2. The van der Waals surface area contributed by atoms with Crippen LogP contribution >= 0.6 is 0 Å². The van der Waals surface area contributed by atoms with Crippen LogP contribution in [0.25, 0.3) is 0 Å². The van der Waals surface area contributed by atoms with Gasteiger partial charge in [-0.3, -0.25) is 4.79 Å². The second kappa shape index (κ2) is 8.87. The van der Waals surface area contributed by atoms with Crippen LogP contribution in [0, 0.1) is 0 Å². The summed E-state index contributed by atoms with van der Waals surface area (Å²) in [6.07, 6.45) is 4.20. The summed E-state index contributed by atoms with van der Waals surface area (Å²) < 4.78 is 2.16. The number of benzene rings is 2. The summed E-state index contributed by atoms with van der Waals surface area (Å²) in [7, 11) is 0. The van der Waals surface area contributed by atoms with Crippen molar-refractivity contribution >= 4 is 11.6 Å². The number of aliphatic hydroxyl groups excluding tert-OH is 1. The topological polar surface area (TPSA) is 66.3 Å². The lowest BCUT2D eigenvalue weighted by Gasteiger charge is -2.08. The van der Waals surface area contributed by atoms with Gasteiger partial charge in [0.05, 0.1) is 6.61 Å². The summed E-state index contributed by atoms with van der Waals surface area (Å²) in [5, 5.41) is 14.8. The van der Waals surface area contributed by atoms with Gasteiger partial charge in [0, 0.05) is 43.3 Å². The lowest BCUT2D eigenvalue weighted by molar-refractivity contribution is 0.0945. The van der Waals surface area contributed by atoms with E-state index in [1.54, 1.807) is 6.07 Å². The molecule has 3 N–H and O–H groups in total. The molecule has 0 saturated carbocycles. The fourth-order valence-electron chi connectivity index (χ4n) is 2.73. The monoisotopic (exact) mass is 349 g/mol. The summed E-state index contributed by atoms with van der Waals surface area (Å²) in [6.45, 7) is 1.72. The van der Waals surface area contributed by atoms with Gasteiger partial charge >= 0.3 is 0 Å². The number of hydrogen-bond donors (Lipinski definition) is 3. The maximum atomic E-state index is 12.0. The van der Waals surface area contributed by atoms with Crippen molar-refractivity contribution in [1.82, 2.24) is 9.88 Å². The number of hydrogen-bond acceptors (Lipinski definition) is 3. The van der Waals surface area contributed by atoms with E-state index in [0.717, 1.165) is 12.2 Å². The summed E-state index contributed by atoms with van der Waals surface area (Å²) in [5.74, 6) is -0.184. The molecule has 2 aromatic carbocycles. The van der Waals surface area contributed by atoms with E-state index >= 15 is 0 Å². The van der Waals surface area contributed by atoms with E-state index in [9.17, 15) is 4.79 Å². The van der Waals surface area contributed by atoms with Gasteiger partial charge in [0.25, 0.3) is 5.91 Å². The zero-order valence-electron chi connectivity index (χ0n) is 14.6. The van der Waals surface area contributed by atoms with Gasteiger partial charge in [0.15, 0.2) is 0 Å². The Hall–Kier alpha value is -3.05. The van der Waals surface area contributed by atoms with Gasteiger partial charge in [0.1, 0.15) is 0 Å². The SMILES string of the molecule is O=C(NCCO)c1cccc(NCc2ccn(Cc3ccccc3)c2)c1. The van der Waals surface area contributed by atoms with Gasteiger partial charge in [-0.1, -0.05) is 36.4 Å². The van der Waals surface area contributed by atoms with Crippen molar-refractivity contribution in [1.29, 1.82) is 0 Å². The summed E-state index contributed by atoms with van der Waals surface area (Å²) in [4.78, 5) is 12.0. The minimum absolute atomic E-state index is 0.0658. The third kappa shape index (κ3) is 4.97. The average Bonchev–Trinajstić information content (AvgIpc) is 3.13. The Morgan fingerprint density at radius 1 is 1.00 bits per heavy atom. The Labute approximate surface area is 153 Å². The van der Waals surface area contributed by atoms with E-state index in [1.165, 1.54) is 11.1 Å². The Bertz CT molecular complexity index is 843. The second-order valence-corrected chi connectivity index (χ2v) is 6.09. The predicted molar refractivity (Wildman–Crippen MR) is 103 cm³/mol. The first-order valence-electron chi connectivity index (χ1n) is 8.66. The van der Waals surface area contributed by atoms with E-state index < -0.39 is 0 Å². The summed E-state index contributed by atoms with van der Waals surface area (Å²) in [5.41, 5.74) is 3.91. The molecule has 0 saturated heterocycles. The van der Waals surface area contributed by atoms with Crippen molar-refractivity contribution < 1.29 is 9.90 Å². The van der Waals surface area contributed by atoms with Crippen LogP contribution in [-0.2, 0) is 13.1 Å². The van der Waals surface area contributed by atoms with Crippen LogP contribution in [0.15, 0.2) is 73.1 Å². The third-order valence-corrected chi connectivity index (χ3v) is 4.04. The molecule has 0 fully saturated rings. The zero-order valence-corrected chi connectivity index (χ0v) is 14.6. The lowest BCUT2D eigenvalue weighted by Crippen LogP contribution is -2.26. The molecule has 1 amide bonds. The molecule has 1 aromatic heterocycles. The van der Waals surface area contributed by atoms with Crippen LogP contribution in [0.5, 0.6) is 0 Å². The number of aromatic nitrogens is 1. The maximum absolute atomic E-state index is 12.0. The maximum Gasteiger partial charge on any atom is 0.251 e. The molecule has 0 atom stereocenters. The third-order valence-electron chi connectivity index (χ3n) is 4.04. The zero-order chi connectivity index (χ0) is 18.2.